The SMILES string of the molecule is CC(C)[C@H]1CC[C@@H](C(=O)Nc2cc(NC(=O)C3CCCC3)cc(NC(=O)C3CCCC3)c2)CC1. The molecule has 0 aromatic heterocycles. The third kappa shape index (κ3) is 6.39. The Hall–Kier alpha value is -2.37. The third-order valence-electron chi connectivity index (χ3n) is 8.27. The molecule has 1 aromatic rings. The highest BCUT2D eigenvalue weighted by Crippen LogP contribution is 2.35. The molecular formula is C28H41N3O3. The highest BCUT2D eigenvalue weighted by molar-refractivity contribution is 5.99. The fourth-order valence-corrected chi connectivity index (χ4v) is 6.00. The predicted octanol–water partition coefficient (Wildman–Crippen LogP) is 6.34. The summed E-state index contributed by atoms with van der Waals surface area (Å²) in [6.45, 7) is 4.52. The van der Waals surface area contributed by atoms with Gasteiger partial charge < -0.3 is 16.0 Å². The average molecular weight is 468 g/mol. The first-order valence-electron chi connectivity index (χ1n) is 13.5. The molecule has 0 aliphatic heterocycles. The van der Waals surface area contributed by atoms with E-state index in [0.29, 0.717) is 28.9 Å². The molecule has 3 amide bonds. The Morgan fingerprint density at radius 1 is 0.588 bits per heavy atom. The van der Waals surface area contributed by atoms with Crippen molar-refractivity contribution < 1.29 is 14.4 Å². The van der Waals surface area contributed by atoms with Crippen LogP contribution in [0.1, 0.15) is 90.9 Å². The molecule has 0 spiro atoms. The Morgan fingerprint density at radius 3 is 1.24 bits per heavy atom. The van der Waals surface area contributed by atoms with Crippen LogP contribution in [-0.4, -0.2) is 17.7 Å². The molecule has 0 heterocycles. The van der Waals surface area contributed by atoms with Crippen molar-refractivity contribution >= 4 is 34.8 Å². The van der Waals surface area contributed by atoms with Gasteiger partial charge in [-0.1, -0.05) is 39.5 Å². The Labute approximate surface area is 204 Å². The summed E-state index contributed by atoms with van der Waals surface area (Å²) in [7, 11) is 0. The van der Waals surface area contributed by atoms with Crippen LogP contribution in [-0.2, 0) is 14.4 Å². The fourth-order valence-electron chi connectivity index (χ4n) is 6.00. The summed E-state index contributed by atoms with van der Waals surface area (Å²) in [6, 6.07) is 5.44. The minimum absolute atomic E-state index is 0.0169. The molecule has 1 aromatic carbocycles. The van der Waals surface area contributed by atoms with Gasteiger partial charge in [-0.15, -0.1) is 0 Å². The number of hydrogen-bond donors (Lipinski definition) is 3. The second-order valence-corrected chi connectivity index (χ2v) is 11.1. The van der Waals surface area contributed by atoms with Crippen molar-refractivity contribution in [1.29, 1.82) is 0 Å². The maximum Gasteiger partial charge on any atom is 0.227 e. The number of benzene rings is 1. The molecule has 3 aliphatic rings. The highest BCUT2D eigenvalue weighted by Gasteiger charge is 2.28. The Kier molecular flexibility index (Phi) is 8.28. The van der Waals surface area contributed by atoms with Gasteiger partial charge in [0.05, 0.1) is 0 Å². The molecule has 0 bridgehead atoms. The number of rotatable bonds is 7. The van der Waals surface area contributed by atoms with E-state index in [1.807, 2.05) is 18.2 Å². The summed E-state index contributed by atoms with van der Waals surface area (Å²) in [4.78, 5) is 38.5. The molecule has 0 radical (unpaired) electrons. The van der Waals surface area contributed by atoms with E-state index in [-0.39, 0.29) is 35.5 Å². The van der Waals surface area contributed by atoms with E-state index < -0.39 is 0 Å². The zero-order chi connectivity index (χ0) is 24.1. The number of carbonyl (C=O) groups is 3. The lowest BCUT2D eigenvalue weighted by Crippen LogP contribution is -2.28. The molecule has 0 unspecified atom stereocenters. The van der Waals surface area contributed by atoms with Crippen LogP contribution in [0.25, 0.3) is 0 Å². The van der Waals surface area contributed by atoms with Crippen LogP contribution < -0.4 is 16.0 Å². The van der Waals surface area contributed by atoms with Gasteiger partial charge in [-0.05, 0) is 81.4 Å². The van der Waals surface area contributed by atoms with Crippen molar-refractivity contribution in [3.05, 3.63) is 18.2 Å². The second-order valence-electron chi connectivity index (χ2n) is 11.1. The maximum absolute atomic E-state index is 13.0. The number of anilines is 3. The highest BCUT2D eigenvalue weighted by atomic mass is 16.2. The monoisotopic (exact) mass is 467 g/mol. The molecule has 186 valence electrons. The minimum Gasteiger partial charge on any atom is -0.326 e. The lowest BCUT2D eigenvalue weighted by atomic mass is 9.76. The summed E-state index contributed by atoms with van der Waals surface area (Å²) < 4.78 is 0. The van der Waals surface area contributed by atoms with Gasteiger partial charge in [-0.25, -0.2) is 0 Å². The van der Waals surface area contributed by atoms with Crippen molar-refractivity contribution in [1.82, 2.24) is 0 Å². The Bertz CT molecular complexity index is 829. The van der Waals surface area contributed by atoms with Gasteiger partial charge in [0.15, 0.2) is 0 Å². The Morgan fingerprint density at radius 2 is 0.912 bits per heavy atom. The first kappa shape index (κ1) is 24.7. The summed E-state index contributed by atoms with van der Waals surface area (Å²) in [5, 5.41) is 9.15. The third-order valence-corrected chi connectivity index (χ3v) is 8.27. The number of amides is 3. The van der Waals surface area contributed by atoms with Crippen LogP contribution in [0.2, 0.25) is 0 Å². The van der Waals surface area contributed by atoms with Crippen LogP contribution in [0.3, 0.4) is 0 Å². The van der Waals surface area contributed by atoms with E-state index in [2.05, 4.69) is 29.8 Å². The van der Waals surface area contributed by atoms with Gasteiger partial charge in [0, 0.05) is 34.8 Å². The second kappa shape index (κ2) is 11.4. The van der Waals surface area contributed by atoms with Crippen LogP contribution in [0.5, 0.6) is 0 Å². The van der Waals surface area contributed by atoms with E-state index in [9.17, 15) is 14.4 Å². The van der Waals surface area contributed by atoms with Gasteiger partial charge in [-0.2, -0.15) is 0 Å². The quantitative estimate of drug-likeness (QED) is 0.437. The molecule has 3 fully saturated rings. The summed E-state index contributed by atoms with van der Waals surface area (Å²) in [5.41, 5.74) is 1.88. The molecule has 6 heteroatoms. The summed E-state index contributed by atoms with van der Waals surface area (Å²) in [6.07, 6.45) is 12.1. The molecule has 3 saturated carbocycles. The van der Waals surface area contributed by atoms with Crippen LogP contribution >= 0.6 is 0 Å². The van der Waals surface area contributed by atoms with Gasteiger partial charge in [-0.3, -0.25) is 14.4 Å². The lowest BCUT2D eigenvalue weighted by molar-refractivity contribution is -0.121. The number of nitrogens with one attached hydrogen (secondary N) is 3. The first-order valence-corrected chi connectivity index (χ1v) is 13.5. The molecule has 0 atom stereocenters. The van der Waals surface area contributed by atoms with E-state index in [4.69, 9.17) is 0 Å². The van der Waals surface area contributed by atoms with Crippen molar-refractivity contribution in [3.8, 4) is 0 Å². The smallest absolute Gasteiger partial charge is 0.227 e. The molecule has 3 aliphatic carbocycles. The molecule has 3 N–H and O–H groups in total. The van der Waals surface area contributed by atoms with Crippen LogP contribution in [0.4, 0.5) is 17.1 Å². The number of carbonyl (C=O) groups excluding carboxylic acids is 3. The first-order chi connectivity index (χ1) is 16.4. The molecule has 0 saturated heterocycles. The molecule has 34 heavy (non-hydrogen) atoms. The van der Waals surface area contributed by atoms with Crippen molar-refractivity contribution in [2.75, 3.05) is 16.0 Å². The lowest BCUT2D eigenvalue weighted by Gasteiger charge is -2.30. The van der Waals surface area contributed by atoms with E-state index in [1.165, 1.54) is 0 Å². The van der Waals surface area contributed by atoms with Gasteiger partial charge in [0.2, 0.25) is 17.7 Å². The topological polar surface area (TPSA) is 87.3 Å². The van der Waals surface area contributed by atoms with Crippen LogP contribution in [0, 0.1) is 29.6 Å². The molecule has 4 rings (SSSR count). The molecular weight excluding hydrogens is 426 g/mol. The van der Waals surface area contributed by atoms with Crippen LogP contribution in [0.15, 0.2) is 18.2 Å². The predicted molar refractivity (Wildman–Crippen MR) is 137 cm³/mol. The largest absolute Gasteiger partial charge is 0.326 e. The van der Waals surface area contributed by atoms with E-state index in [1.54, 1.807) is 0 Å². The van der Waals surface area contributed by atoms with Gasteiger partial charge in [0.25, 0.3) is 0 Å². The number of hydrogen-bond acceptors (Lipinski definition) is 3. The summed E-state index contributed by atoms with van der Waals surface area (Å²) in [5.74, 6) is 1.57. The van der Waals surface area contributed by atoms with E-state index in [0.717, 1.165) is 77.0 Å². The average Bonchev–Trinajstić information content (AvgIpc) is 3.53. The normalized spacial score (nSPS) is 23.7. The maximum atomic E-state index is 13.0. The standard InChI is InChI=1S/C28H41N3O3/c1-18(2)19-11-13-22(14-12-19)28(34)31-25-16-23(29-26(32)20-7-3-4-8-20)15-24(17-25)30-27(33)21-9-5-6-10-21/h15-22H,3-14H2,1-2H3,(H,29,32)(H,30,33)(H,31,34)/t19-,22+. The zero-order valence-electron chi connectivity index (χ0n) is 20.8. The van der Waals surface area contributed by atoms with Gasteiger partial charge >= 0.3 is 0 Å². The fraction of sp³-hybridized carbons (Fsp3) is 0.679. The van der Waals surface area contributed by atoms with Crippen molar-refractivity contribution in [2.24, 2.45) is 29.6 Å². The minimum atomic E-state index is 0.0169. The van der Waals surface area contributed by atoms with Crippen molar-refractivity contribution in [3.63, 3.8) is 0 Å². The zero-order valence-corrected chi connectivity index (χ0v) is 20.8. The van der Waals surface area contributed by atoms with E-state index >= 15 is 0 Å². The Balaban J connectivity index is 1.46. The molecule has 6 nitrogen and oxygen atoms in total. The van der Waals surface area contributed by atoms with Gasteiger partial charge in [0.1, 0.15) is 0 Å². The summed E-state index contributed by atoms with van der Waals surface area (Å²) >= 11 is 0. The van der Waals surface area contributed by atoms with Crippen molar-refractivity contribution in [2.45, 2.75) is 90.9 Å².